The highest BCUT2D eigenvalue weighted by molar-refractivity contribution is 14.0. The van der Waals surface area contributed by atoms with Crippen LogP contribution in [0.1, 0.15) is 28.8 Å². The molecule has 0 unspecified atom stereocenters. The van der Waals surface area contributed by atoms with Gasteiger partial charge in [0.2, 0.25) is 0 Å². The molecular formula is C21H29IN4O4. The van der Waals surface area contributed by atoms with E-state index in [1.807, 2.05) is 25.1 Å². The smallest absolute Gasteiger partial charge is 0.341 e. The van der Waals surface area contributed by atoms with E-state index in [0.29, 0.717) is 29.4 Å². The molecule has 30 heavy (non-hydrogen) atoms. The van der Waals surface area contributed by atoms with Gasteiger partial charge in [-0.15, -0.1) is 24.0 Å². The first-order chi connectivity index (χ1) is 14.0. The molecule has 2 aromatic rings. The molecule has 0 atom stereocenters. The molecule has 3 rings (SSSR count). The van der Waals surface area contributed by atoms with Gasteiger partial charge in [-0.2, -0.15) is 0 Å². The van der Waals surface area contributed by atoms with E-state index in [4.69, 9.17) is 9.15 Å². The Morgan fingerprint density at radius 1 is 1.27 bits per heavy atom. The van der Waals surface area contributed by atoms with Crippen LogP contribution in [0, 0.1) is 6.92 Å². The van der Waals surface area contributed by atoms with Crippen molar-refractivity contribution in [3.63, 3.8) is 0 Å². The highest BCUT2D eigenvalue weighted by Crippen LogP contribution is 2.27. The minimum atomic E-state index is -0.409. The second-order valence-electron chi connectivity index (χ2n) is 6.81. The molecule has 0 saturated carbocycles. The molecule has 9 heteroatoms. The summed E-state index contributed by atoms with van der Waals surface area (Å²) in [5, 5.41) is 13.4. The van der Waals surface area contributed by atoms with E-state index in [-0.39, 0.29) is 24.0 Å². The van der Waals surface area contributed by atoms with Gasteiger partial charge in [0.1, 0.15) is 29.4 Å². The average molecular weight is 528 g/mol. The minimum Gasteiger partial charge on any atom is -0.506 e. The molecule has 1 aliphatic heterocycles. The molecule has 0 radical (unpaired) electrons. The number of phenols is 1. The Labute approximate surface area is 193 Å². The van der Waals surface area contributed by atoms with Crippen LogP contribution in [0.4, 0.5) is 5.69 Å². The third kappa shape index (κ3) is 5.59. The summed E-state index contributed by atoms with van der Waals surface area (Å²) < 4.78 is 10.4. The number of piperazine rings is 1. The van der Waals surface area contributed by atoms with E-state index in [0.717, 1.165) is 44.4 Å². The average Bonchev–Trinajstić information content (AvgIpc) is 3.11. The first-order valence-corrected chi connectivity index (χ1v) is 9.77. The molecule has 1 aliphatic rings. The number of furan rings is 1. The largest absolute Gasteiger partial charge is 0.506 e. The summed E-state index contributed by atoms with van der Waals surface area (Å²) in [5.74, 6) is 1.84. The van der Waals surface area contributed by atoms with E-state index in [9.17, 15) is 9.90 Å². The van der Waals surface area contributed by atoms with Crippen molar-refractivity contribution in [2.24, 2.45) is 4.99 Å². The Bertz CT molecular complexity index is 876. The lowest BCUT2D eigenvalue weighted by molar-refractivity contribution is 0.0599. The fraction of sp³-hybridized carbons (Fsp3) is 0.429. The molecule has 164 valence electrons. The van der Waals surface area contributed by atoms with Gasteiger partial charge in [0, 0.05) is 32.7 Å². The summed E-state index contributed by atoms with van der Waals surface area (Å²) in [6, 6.07) is 9.09. The molecule has 0 aliphatic carbocycles. The Kier molecular flexibility index (Phi) is 8.82. The molecule has 0 spiro atoms. The van der Waals surface area contributed by atoms with E-state index in [1.54, 1.807) is 19.1 Å². The fourth-order valence-corrected chi connectivity index (χ4v) is 3.40. The van der Waals surface area contributed by atoms with E-state index >= 15 is 0 Å². The number of anilines is 1. The standard InChI is InChI=1S/C21H28N4O4.HI/c1-4-22-21(23-14-16-13-17(15(2)29-16)20(27)28-3)25-11-9-24(10-12-25)18-7-5-6-8-19(18)26;/h5-8,13,26H,4,9-12,14H2,1-3H3,(H,22,23);1H. The summed E-state index contributed by atoms with van der Waals surface area (Å²) in [6.07, 6.45) is 0. The number of para-hydroxylation sites is 2. The van der Waals surface area contributed by atoms with E-state index in [2.05, 4.69) is 20.1 Å². The third-order valence-electron chi connectivity index (χ3n) is 4.90. The third-order valence-corrected chi connectivity index (χ3v) is 4.90. The highest BCUT2D eigenvalue weighted by Gasteiger charge is 2.22. The number of halogens is 1. The van der Waals surface area contributed by atoms with Crippen molar-refractivity contribution in [2.45, 2.75) is 20.4 Å². The number of methoxy groups -OCH3 is 1. The van der Waals surface area contributed by atoms with Crippen LogP contribution in [0.3, 0.4) is 0 Å². The molecule has 0 amide bonds. The maximum Gasteiger partial charge on any atom is 0.341 e. The van der Waals surface area contributed by atoms with Crippen molar-refractivity contribution >= 4 is 41.6 Å². The Morgan fingerprint density at radius 3 is 2.60 bits per heavy atom. The molecule has 2 heterocycles. The lowest BCUT2D eigenvalue weighted by Gasteiger charge is -2.37. The number of hydrogen-bond donors (Lipinski definition) is 2. The van der Waals surface area contributed by atoms with Crippen LogP contribution in [0.2, 0.25) is 0 Å². The zero-order valence-electron chi connectivity index (χ0n) is 17.6. The SMILES string of the molecule is CCNC(=NCc1cc(C(=O)OC)c(C)o1)N1CCN(c2ccccc2O)CC1.I. The predicted molar refractivity (Wildman–Crippen MR) is 127 cm³/mol. The van der Waals surface area contributed by atoms with Crippen LogP contribution in [-0.2, 0) is 11.3 Å². The first-order valence-electron chi connectivity index (χ1n) is 9.77. The summed E-state index contributed by atoms with van der Waals surface area (Å²) in [6.45, 7) is 7.99. The summed E-state index contributed by atoms with van der Waals surface area (Å²) >= 11 is 0. The number of aryl methyl sites for hydroxylation is 1. The van der Waals surface area contributed by atoms with Gasteiger partial charge in [0.25, 0.3) is 0 Å². The molecular weight excluding hydrogens is 499 g/mol. The number of carbonyl (C=O) groups is 1. The zero-order valence-corrected chi connectivity index (χ0v) is 19.9. The van der Waals surface area contributed by atoms with Gasteiger partial charge in [-0.05, 0) is 32.0 Å². The lowest BCUT2D eigenvalue weighted by atomic mass is 10.2. The number of carbonyl (C=O) groups excluding carboxylic acids is 1. The van der Waals surface area contributed by atoms with Gasteiger partial charge < -0.3 is 29.4 Å². The number of aliphatic imine (C=N–C) groups is 1. The Morgan fingerprint density at radius 2 is 1.97 bits per heavy atom. The van der Waals surface area contributed by atoms with Crippen molar-refractivity contribution < 1.29 is 19.1 Å². The number of phenolic OH excluding ortho intramolecular Hbond substituents is 1. The number of ether oxygens (including phenoxy) is 1. The van der Waals surface area contributed by atoms with Crippen molar-refractivity contribution in [1.82, 2.24) is 10.2 Å². The van der Waals surface area contributed by atoms with Crippen LogP contribution in [-0.4, -0.2) is 61.8 Å². The monoisotopic (exact) mass is 528 g/mol. The van der Waals surface area contributed by atoms with Crippen LogP contribution in [0.15, 0.2) is 39.7 Å². The normalized spacial score (nSPS) is 14.3. The van der Waals surface area contributed by atoms with Crippen molar-refractivity contribution in [1.29, 1.82) is 0 Å². The topological polar surface area (TPSA) is 90.5 Å². The quantitative estimate of drug-likeness (QED) is 0.267. The summed E-state index contributed by atoms with van der Waals surface area (Å²) in [4.78, 5) is 20.8. The van der Waals surface area contributed by atoms with Crippen molar-refractivity contribution in [2.75, 3.05) is 44.7 Å². The van der Waals surface area contributed by atoms with Crippen molar-refractivity contribution in [3.8, 4) is 5.75 Å². The number of aromatic hydroxyl groups is 1. The molecule has 1 aromatic heterocycles. The number of benzene rings is 1. The number of esters is 1. The Balaban J connectivity index is 0.00000320. The van der Waals surface area contributed by atoms with Gasteiger partial charge >= 0.3 is 5.97 Å². The second-order valence-corrected chi connectivity index (χ2v) is 6.81. The van der Waals surface area contributed by atoms with Gasteiger partial charge in [-0.3, -0.25) is 0 Å². The number of guanidine groups is 1. The van der Waals surface area contributed by atoms with Crippen LogP contribution < -0.4 is 10.2 Å². The molecule has 8 nitrogen and oxygen atoms in total. The number of nitrogens with one attached hydrogen (secondary N) is 1. The minimum absolute atomic E-state index is 0. The zero-order chi connectivity index (χ0) is 20.8. The molecule has 1 aromatic carbocycles. The number of hydrogen-bond acceptors (Lipinski definition) is 6. The second kappa shape index (κ2) is 11.1. The molecule has 2 N–H and O–H groups in total. The van der Waals surface area contributed by atoms with Gasteiger partial charge in [-0.1, -0.05) is 12.1 Å². The maximum atomic E-state index is 11.7. The van der Waals surface area contributed by atoms with Crippen LogP contribution in [0.25, 0.3) is 0 Å². The highest BCUT2D eigenvalue weighted by atomic mass is 127. The van der Waals surface area contributed by atoms with E-state index < -0.39 is 5.97 Å². The van der Waals surface area contributed by atoms with Gasteiger partial charge in [0.05, 0.1) is 12.8 Å². The Hall–Kier alpha value is -2.43. The fourth-order valence-electron chi connectivity index (χ4n) is 3.40. The summed E-state index contributed by atoms with van der Waals surface area (Å²) in [7, 11) is 1.35. The van der Waals surface area contributed by atoms with E-state index in [1.165, 1.54) is 7.11 Å². The molecule has 1 saturated heterocycles. The van der Waals surface area contributed by atoms with Crippen LogP contribution >= 0.6 is 24.0 Å². The van der Waals surface area contributed by atoms with Gasteiger partial charge in [-0.25, -0.2) is 9.79 Å². The number of rotatable bonds is 5. The van der Waals surface area contributed by atoms with Crippen molar-refractivity contribution in [3.05, 3.63) is 47.4 Å². The molecule has 1 fully saturated rings. The number of nitrogens with zero attached hydrogens (tertiary/aromatic N) is 3. The lowest BCUT2D eigenvalue weighted by Crippen LogP contribution is -2.52. The van der Waals surface area contributed by atoms with Gasteiger partial charge in [0.15, 0.2) is 5.96 Å². The molecule has 0 bridgehead atoms. The van der Waals surface area contributed by atoms with Crippen LogP contribution in [0.5, 0.6) is 5.75 Å². The first kappa shape index (κ1) is 23.8. The summed E-state index contributed by atoms with van der Waals surface area (Å²) in [5.41, 5.74) is 1.29. The maximum absolute atomic E-state index is 11.7. The predicted octanol–water partition coefficient (Wildman–Crippen LogP) is 2.99.